The van der Waals surface area contributed by atoms with Gasteiger partial charge in [0.25, 0.3) is 0 Å². The first-order chi connectivity index (χ1) is 13.0. The first-order valence-electron chi connectivity index (χ1n) is 11.1. The Morgan fingerprint density at radius 2 is 1.56 bits per heavy atom. The highest BCUT2D eigenvalue weighted by Gasteiger charge is 2.38. The van der Waals surface area contributed by atoms with Gasteiger partial charge in [-0.2, -0.15) is 0 Å². The predicted octanol–water partition coefficient (Wildman–Crippen LogP) is 2.79. The monoisotopic (exact) mass is 377 g/mol. The molecule has 0 spiro atoms. The maximum atomic E-state index is 12.9. The molecule has 2 aliphatic heterocycles. The van der Waals surface area contributed by atoms with Gasteiger partial charge in [-0.1, -0.05) is 12.8 Å². The molecule has 0 atom stereocenters. The third-order valence-corrected chi connectivity index (χ3v) is 7.23. The Bertz CT molecular complexity index is 500. The smallest absolute Gasteiger partial charge is 0.223 e. The van der Waals surface area contributed by atoms with Crippen LogP contribution < -0.4 is 0 Å². The molecule has 1 amide bonds. The molecule has 27 heavy (non-hydrogen) atoms. The molecule has 0 aromatic carbocycles. The topological polar surface area (TPSA) is 43.9 Å². The summed E-state index contributed by atoms with van der Waals surface area (Å²) in [4.78, 5) is 31.7. The molecule has 154 valence electrons. The van der Waals surface area contributed by atoms with Gasteiger partial charge in [-0.15, -0.1) is 0 Å². The molecule has 0 unspecified atom stereocenters. The zero-order chi connectivity index (χ0) is 19.3. The van der Waals surface area contributed by atoms with Crippen molar-refractivity contribution in [3.63, 3.8) is 0 Å². The van der Waals surface area contributed by atoms with E-state index in [1.807, 2.05) is 0 Å². The average molecular weight is 378 g/mol. The van der Waals surface area contributed by atoms with Gasteiger partial charge in [-0.05, 0) is 64.0 Å². The number of amides is 1. The zero-order valence-corrected chi connectivity index (χ0v) is 17.5. The van der Waals surface area contributed by atoms with Gasteiger partial charge in [0.05, 0.1) is 0 Å². The van der Waals surface area contributed by atoms with Gasteiger partial charge in [0.2, 0.25) is 5.91 Å². The number of piperidine rings is 1. The van der Waals surface area contributed by atoms with E-state index in [0.29, 0.717) is 18.7 Å². The normalized spacial score (nSPS) is 25.0. The summed E-state index contributed by atoms with van der Waals surface area (Å²) in [5, 5.41) is 0. The van der Waals surface area contributed by atoms with Gasteiger partial charge in [-0.25, -0.2) is 0 Å². The van der Waals surface area contributed by atoms with Crippen molar-refractivity contribution in [2.24, 2.45) is 11.3 Å². The summed E-state index contributed by atoms with van der Waals surface area (Å²) in [6.45, 7) is 9.51. The fraction of sp³-hybridized carbons (Fsp3) is 0.909. The van der Waals surface area contributed by atoms with Gasteiger partial charge in [-0.3, -0.25) is 4.79 Å². The lowest BCUT2D eigenvalue weighted by Gasteiger charge is -2.37. The highest BCUT2D eigenvalue weighted by molar-refractivity contribution is 5.80. The number of hydrogen-bond donors (Lipinski definition) is 0. The van der Waals surface area contributed by atoms with E-state index in [1.165, 1.54) is 52.0 Å². The Balaban J connectivity index is 1.39. The molecular formula is C22H39N3O2. The number of rotatable bonds is 7. The maximum absolute atomic E-state index is 12.9. The van der Waals surface area contributed by atoms with Crippen molar-refractivity contribution in [1.29, 1.82) is 0 Å². The van der Waals surface area contributed by atoms with E-state index in [1.54, 1.807) is 6.92 Å². The van der Waals surface area contributed by atoms with Crippen LogP contribution in [0, 0.1) is 11.3 Å². The lowest BCUT2D eigenvalue weighted by molar-refractivity contribution is -0.135. The van der Waals surface area contributed by atoms with Crippen molar-refractivity contribution in [2.75, 3.05) is 52.9 Å². The van der Waals surface area contributed by atoms with Crippen LogP contribution in [0.1, 0.15) is 64.7 Å². The van der Waals surface area contributed by atoms with Crippen LogP contribution in [0.2, 0.25) is 0 Å². The average Bonchev–Trinajstić information content (AvgIpc) is 3.08. The second-order valence-electron chi connectivity index (χ2n) is 9.52. The molecule has 2 saturated heterocycles. The van der Waals surface area contributed by atoms with Crippen LogP contribution in [0.25, 0.3) is 0 Å². The Morgan fingerprint density at radius 3 is 2.15 bits per heavy atom. The van der Waals surface area contributed by atoms with E-state index < -0.39 is 0 Å². The van der Waals surface area contributed by atoms with Crippen LogP contribution in [0.4, 0.5) is 0 Å². The van der Waals surface area contributed by atoms with Crippen molar-refractivity contribution in [1.82, 2.24) is 14.7 Å². The first kappa shape index (κ1) is 20.8. The van der Waals surface area contributed by atoms with Crippen molar-refractivity contribution in [2.45, 2.75) is 64.7 Å². The van der Waals surface area contributed by atoms with Crippen molar-refractivity contribution in [3.8, 4) is 0 Å². The van der Waals surface area contributed by atoms with Gasteiger partial charge in [0.15, 0.2) is 0 Å². The Hall–Kier alpha value is -0.940. The number of carbonyl (C=O) groups is 2. The number of carbonyl (C=O) groups excluding carboxylic acids is 2. The largest absolute Gasteiger partial charge is 0.343 e. The third-order valence-electron chi connectivity index (χ3n) is 7.23. The number of nitrogens with zero attached hydrogens (tertiary/aromatic N) is 3. The highest BCUT2D eigenvalue weighted by Crippen LogP contribution is 2.44. The lowest BCUT2D eigenvalue weighted by Crippen LogP contribution is -2.45. The third kappa shape index (κ3) is 6.02. The second-order valence-corrected chi connectivity index (χ2v) is 9.52. The van der Waals surface area contributed by atoms with Gasteiger partial charge < -0.3 is 19.5 Å². The zero-order valence-electron chi connectivity index (χ0n) is 17.5. The SMILES string of the molecule is CC(=O)CC1(CC(=O)N2CCC(CCN3CCN(C)CC3)CC2)CCCC1. The number of hydrogen-bond acceptors (Lipinski definition) is 4. The van der Waals surface area contributed by atoms with Crippen LogP contribution in [0.15, 0.2) is 0 Å². The van der Waals surface area contributed by atoms with E-state index in [2.05, 4.69) is 21.7 Å². The summed E-state index contributed by atoms with van der Waals surface area (Å²) in [5.41, 5.74) is -0.0266. The van der Waals surface area contributed by atoms with Crippen LogP contribution in [0.3, 0.4) is 0 Å². The van der Waals surface area contributed by atoms with E-state index in [9.17, 15) is 9.59 Å². The quantitative estimate of drug-likeness (QED) is 0.684. The summed E-state index contributed by atoms with van der Waals surface area (Å²) >= 11 is 0. The minimum atomic E-state index is -0.0266. The van der Waals surface area contributed by atoms with Crippen LogP contribution in [-0.4, -0.2) is 79.3 Å². The summed E-state index contributed by atoms with van der Waals surface area (Å²) in [6.07, 6.45) is 9.24. The molecule has 5 nitrogen and oxygen atoms in total. The van der Waals surface area contributed by atoms with Gasteiger partial charge in [0.1, 0.15) is 5.78 Å². The first-order valence-corrected chi connectivity index (χ1v) is 11.1. The highest BCUT2D eigenvalue weighted by atomic mass is 16.2. The van der Waals surface area contributed by atoms with Crippen molar-refractivity contribution < 1.29 is 9.59 Å². The molecule has 0 radical (unpaired) electrons. The number of ketones is 1. The summed E-state index contributed by atoms with van der Waals surface area (Å²) in [6, 6.07) is 0. The molecule has 0 aromatic rings. The van der Waals surface area contributed by atoms with E-state index in [-0.39, 0.29) is 11.2 Å². The predicted molar refractivity (Wildman–Crippen MR) is 109 cm³/mol. The molecular weight excluding hydrogens is 338 g/mol. The lowest BCUT2D eigenvalue weighted by atomic mass is 9.77. The molecule has 0 aromatic heterocycles. The minimum absolute atomic E-state index is 0.0266. The van der Waals surface area contributed by atoms with Crippen LogP contribution >= 0.6 is 0 Å². The van der Waals surface area contributed by atoms with E-state index in [4.69, 9.17) is 0 Å². The second kappa shape index (κ2) is 9.51. The Labute approximate surface area is 165 Å². The standard InChI is InChI=1S/C22H39N3O2/c1-19(26)17-22(8-3-4-9-22)18-21(27)25-11-6-20(7-12-25)5-10-24-15-13-23(2)14-16-24/h20H,3-18H2,1-2H3. The van der Waals surface area contributed by atoms with Crippen LogP contribution in [0.5, 0.6) is 0 Å². The van der Waals surface area contributed by atoms with Crippen molar-refractivity contribution in [3.05, 3.63) is 0 Å². The molecule has 3 rings (SSSR count). The Morgan fingerprint density at radius 1 is 0.926 bits per heavy atom. The molecule has 0 N–H and O–H groups in total. The summed E-state index contributed by atoms with van der Waals surface area (Å²) in [5.74, 6) is 1.31. The van der Waals surface area contributed by atoms with E-state index >= 15 is 0 Å². The van der Waals surface area contributed by atoms with Gasteiger partial charge >= 0.3 is 0 Å². The molecule has 5 heteroatoms. The molecule has 1 aliphatic carbocycles. The molecule has 3 aliphatic rings. The summed E-state index contributed by atoms with van der Waals surface area (Å²) < 4.78 is 0. The fourth-order valence-electron chi connectivity index (χ4n) is 5.41. The fourth-order valence-corrected chi connectivity index (χ4v) is 5.41. The minimum Gasteiger partial charge on any atom is -0.343 e. The number of likely N-dealkylation sites (tertiary alicyclic amines) is 1. The van der Waals surface area contributed by atoms with E-state index in [0.717, 1.165) is 44.7 Å². The molecule has 2 heterocycles. The number of Topliss-reactive ketones (excluding diaryl/α,β-unsaturated/α-hetero) is 1. The Kier molecular flexibility index (Phi) is 7.32. The van der Waals surface area contributed by atoms with Gasteiger partial charge in [0, 0.05) is 52.1 Å². The number of piperazine rings is 1. The maximum Gasteiger partial charge on any atom is 0.223 e. The number of likely N-dealkylation sites (N-methyl/N-ethyl adjacent to an activating group) is 1. The summed E-state index contributed by atoms with van der Waals surface area (Å²) in [7, 11) is 2.20. The molecule has 3 fully saturated rings. The molecule has 1 saturated carbocycles. The van der Waals surface area contributed by atoms with Crippen molar-refractivity contribution >= 4 is 11.7 Å². The van der Waals surface area contributed by atoms with Crippen LogP contribution in [-0.2, 0) is 9.59 Å². The molecule has 0 bridgehead atoms.